The van der Waals surface area contributed by atoms with Crippen molar-refractivity contribution in [2.75, 3.05) is 0 Å². The highest BCUT2D eigenvalue weighted by molar-refractivity contribution is 5.65. The van der Waals surface area contributed by atoms with Gasteiger partial charge in [-0.15, -0.1) is 0 Å². The molecule has 2 aromatic heterocycles. The largest absolute Gasteiger partial charge is 0.398 e. The predicted molar refractivity (Wildman–Crippen MR) is 81.2 cm³/mol. The standard InChI is InChI=1S/C16H18N4/c1-12(2)16(17)14-5-3-13(4-6-14)11-19-9-10-20-15(19)7-8-18-20/h3-10H,11,17H2,1-2H3. The van der Waals surface area contributed by atoms with Crippen molar-refractivity contribution in [1.82, 2.24) is 14.2 Å². The molecule has 0 unspecified atom stereocenters. The summed E-state index contributed by atoms with van der Waals surface area (Å²) >= 11 is 0. The maximum Gasteiger partial charge on any atom is 0.136 e. The Morgan fingerprint density at radius 2 is 1.85 bits per heavy atom. The normalized spacial score (nSPS) is 10.9. The van der Waals surface area contributed by atoms with Crippen LogP contribution in [0.3, 0.4) is 0 Å². The van der Waals surface area contributed by atoms with Crippen LogP contribution in [0.1, 0.15) is 25.0 Å². The fourth-order valence-corrected chi connectivity index (χ4v) is 2.28. The third-order valence-electron chi connectivity index (χ3n) is 3.49. The van der Waals surface area contributed by atoms with Gasteiger partial charge in [-0.05, 0) is 25.0 Å². The highest BCUT2D eigenvalue weighted by Gasteiger charge is 2.03. The van der Waals surface area contributed by atoms with Crippen molar-refractivity contribution in [3.05, 3.63) is 65.6 Å². The van der Waals surface area contributed by atoms with Crippen LogP contribution in [0.4, 0.5) is 0 Å². The number of hydrogen-bond donors (Lipinski definition) is 1. The molecule has 0 saturated heterocycles. The minimum atomic E-state index is 0.831. The van der Waals surface area contributed by atoms with Gasteiger partial charge in [-0.2, -0.15) is 5.10 Å². The van der Waals surface area contributed by atoms with Gasteiger partial charge in [-0.3, -0.25) is 0 Å². The number of rotatable bonds is 3. The van der Waals surface area contributed by atoms with E-state index in [1.807, 2.05) is 43.0 Å². The van der Waals surface area contributed by atoms with E-state index < -0.39 is 0 Å². The van der Waals surface area contributed by atoms with Gasteiger partial charge < -0.3 is 10.3 Å². The Kier molecular flexibility index (Phi) is 3.06. The van der Waals surface area contributed by atoms with E-state index in [0.29, 0.717) is 0 Å². The van der Waals surface area contributed by atoms with Crippen LogP contribution in [-0.4, -0.2) is 14.2 Å². The molecule has 4 heteroatoms. The quantitative estimate of drug-likeness (QED) is 0.792. The smallest absolute Gasteiger partial charge is 0.136 e. The van der Waals surface area contributed by atoms with Crippen LogP contribution < -0.4 is 5.73 Å². The lowest BCUT2D eigenvalue weighted by molar-refractivity contribution is 0.825. The third kappa shape index (κ3) is 2.20. The van der Waals surface area contributed by atoms with Crippen LogP contribution in [0.5, 0.6) is 0 Å². The molecule has 0 amide bonds. The van der Waals surface area contributed by atoms with Crippen LogP contribution in [0.25, 0.3) is 11.3 Å². The van der Waals surface area contributed by atoms with Gasteiger partial charge in [0.15, 0.2) is 0 Å². The Bertz CT molecular complexity index is 755. The minimum Gasteiger partial charge on any atom is -0.398 e. The molecular formula is C16H18N4. The van der Waals surface area contributed by atoms with E-state index in [9.17, 15) is 0 Å². The lowest BCUT2D eigenvalue weighted by atomic mass is 10.1. The fourth-order valence-electron chi connectivity index (χ4n) is 2.28. The van der Waals surface area contributed by atoms with Crippen LogP contribution >= 0.6 is 0 Å². The summed E-state index contributed by atoms with van der Waals surface area (Å²) in [5.41, 5.74) is 11.5. The highest BCUT2D eigenvalue weighted by Crippen LogP contribution is 2.15. The molecule has 0 radical (unpaired) electrons. The number of fused-ring (bicyclic) bond motifs is 1. The number of allylic oxidation sites excluding steroid dienone is 1. The van der Waals surface area contributed by atoms with Crippen molar-refractivity contribution in [2.45, 2.75) is 20.4 Å². The summed E-state index contributed by atoms with van der Waals surface area (Å²) in [5.74, 6) is 0. The zero-order valence-electron chi connectivity index (χ0n) is 11.7. The average molecular weight is 266 g/mol. The first-order valence-electron chi connectivity index (χ1n) is 6.66. The van der Waals surface area contributed by atoms with Crippen molar-refractivity contribution in [1.29, 1.82) is 0 Å². The first kappa shape index (κ1) is 12.5. The molecule has 20 heavy (non-hydrogen) atoms. The first-order chi connectivity index (χ1) is 9.65. The van der Waals surface area contributed by atoms with E-state index in [-0.39, 0.29) is 0 Å². The van der Waals surface area contributed by atoms with Crippen LogP contribution in [0, 0.1) is 0 Å². The van der Waals surface area contributed by atoms with Gasteiger partial charge in [0.25, 0.3) is 0 Å². The second-order valence-corrected chi connectivity index (χ2v) is 5.17. The number of nitrogens with two attached hydrogens (primary N) is 1. The summed E-state index contributed by atoms with van der Waals surface area (Å²) in [7, 11) is 0. The topological polar surface area (TPSA) is 48.2 Å². The van der Waals surface area contributed by atoms with Crippen LogP contribution in [-0.2, 0) is 6.54 Å². The zero-order valence-corrected chi connectivity index (χ0v) is 11.7. The van der Waals surface area contributed by atoms with Gasteiger partial charge in [0, 0.05) is 30.7 Å². The minimum absolute atomic E-state index is 0.831. The zero-order chi connectivity index (χ0) is 14.1. The van der Waals surface area contributed by atoms with Gasteiger partial charge in [0.05, 0.1) is 6.20 Å². The van der Waals surface area contributed by atoms with Gasteiger partial charge in [0.1, 0.15) is 5.65 Å². The lowest BCUT2D eigenvalue weighted by Crippen LogP contribution is -2.01. The molecule has 2 heterocycles. The lowest BCUT2D eigenvalue weighted by Gasteiger charge is -2.07. The fraction of sp³-hybridized carbons (Fsp3) is 0.188. The molecule has 0 fully saturated rings. The van der Waals surface area contributed by atoms with Crippen molar-refractivity contribution in [2.24, 2.45) is 5.73 Å². The van der Waals surface area contributed by atoms with E-state index in [4.69, 9.17) is 5.73 Å². The van der Waals surface area contributed by atoms with E-state index >= 15 is 0 Å². The molecule has 2 N–H and O–H groups in total. The Labute approximate surface area is 118 Å². The molecule has 1 aromatic carbocycles. The molecule has 0 aliphatic heterocycles. The van der Waals surface area contributed by atoms with Crippen LogP contribution in [0.15, 0.2) is 54.5 Å². The van der Waals surface area contributed by atoms with E-state index in [1.54, 1.807) is 0 Å². The maximum absolute atomic E-state index is 6.05. The molecule has 0 aliphatic rings. The average Bonchev–Trinajstić information content (AvgIpc) is 3.04. The Morgan fingerprint density at radius 1 is 1.10 bits per heavy atom. The number of benzene rings is 1. The molecule has 0 atom stereocenters. The van der Waals surface area contributed by atoms with E-state index in [1.165, 1.54) is 5.56 Å². The second-order valence-electron chi connectivity index (χ2n) is 5.17. The van der Waals surface area contributed by atoms with Crippen molar-refractivity contribution in [3.8, 4) is 0 Å². The molecule has 102 valence electrons. The Morgan fingerprint density at radius 3 is 2.55 bits per heavy atom. The Balaban J connectivity index is 1.86. The van der Waals surface area contributed by atoms with Crippen molar-refractivity contribution < 1.29 is 0 Å². The summed E-state index contributed by atoms with van der Waals surface area (Å²) in [5, 5.41) is 4.21. The molecule has 0 aliphatic carbocycles. The van der Waals surface area contributed by atoms with Gasteiger partial charge in [-0.25, -0.2) is 4.52 Å². The van der Waals surface area contributed by atoms with Crippen molar-refractivity contribution in [3.63, 3.8) is 0 Å². The summed E-state index contributed by atoms with van der Waals surface area (Å²) < 4.78 is 4.04. The summed E-state index contributed by atoms with van der Waals surface area (Å²) in [6.45, 7) is 4.88. The van der Waals surface area contributed by atoms with E-state index in [0.717, 1.165) is 29.0 Å². The maximum atomic E-state index is 6.05. The number of aromatic nitrogens is 3. The molecular weight excluding hydrogens is 248 g/mol. The van der Waals surface area contributed by atoms with Crippen molar-refractivity contribution >= 4 is 11.3 Å². The monoisotopic (exact) mass is 266 g/mol. The number of hydrogen-bond acceptors (Lipinski definition) is 2. The molecule has 0 spiro atoms. The SMILES string of the molecule is CC(C)=C(N)c1ccc(Cn2ccn3nccc23)cc1. The summed E-state index contributed by atoms with van der Waals surface area (Å²) in [6.07, 6.45) is 5.82. The number of imidazole rings is 1. The van der Waals surface area contributed by atoms with Gasteiger partial charge in [0.2, 0.25) is 0 Å². The number of nitrogens with zero attached hydrogens (tertiary/aromatic N) is 3. The first-order valence-corrected chi connectivity index (χ1v) is 6.66. The Hall–Kier alpha value is -2.49. The van der Waals surface area contributed by atoms with E-state index in [2.05, 4.69) is 33.9 Å². The second kappa shape index (κ2) is 4.89. The molecule has 3 rings (SSSR count). The predicted octanol–water partition coefficient (Wildman–Crippen LogP) is 2.89. The summed E-state index contributed by atoms with van der Waals surface area (Å²) in [4.78, 5) is 0. The van der Waals surface area contributed by atoms with Gasteiger partial charge >= 0.3 is 0 Å². The van der Waals surface area contributed by atoms with Crippen LogP contribution in [0.2, 0.25) is 0 Å². The molecule has 0 bridgehead atoms. The molecule has 3 aromatic rings. The third-order valence-corrected chi connectivity index (χ3v) is 3.49. The van der Waals surface area contributed by atoms with Gasteiger partial charge in [-0.1, -0.05) is 29.8 Å². The summed E-state index contributed by atoms with van der Waals surface area (Å²) in [6, 6.07) is 10.4. The molecule has 0 saturated carbocycles. The highest BCUT2D eigenvalue weighted by atomic mass is 15.3. The molecule has 4 nitrogen and oxygen atoms in total.